The summed E-state index contributed by atoms with van der Waals surface area (Å²) < 4.78 is 0. The van der Waals surface area contributed by atoms with E-state index >= 15 is 0 Å². The molecule has 0 radical (unpaired) electrons. The second-order valence-corrected chi connectivity index (χ2v) is 4.68. The average Bonchev–Trinajstić information content (AvgIpc) is 2.16. The molecule has 0 bridgehead atoms. The molecule has 0 aromatic heterocycles. The molecule has 0 aromatic rings. The van der Waals surface area contributed by atoms with Crippen LogP contribution in [0.4, 0.5) is 0 Å². The van der Waals surface area contributed by atoms with Crippen molar-refractivity contribution >= 4 is 0 Å². The Balaban J connectivity index is 2.09. The van der Waals surface area contributed by atoms with E-state index in [1.54, 1.807) is 0 Å². The van der Waals surface area contributed by atoms with Gasteiger partial charge in [-0.1, -0.05) is 0 Å². The quantitative estimate of drug-likeness (QED) is 0.681. The fraction of sp³-hybridized carbons (Fsp3) is 1.00. The second-order valence-electron chi connectivity index (χ2n) is 4.68. The monoisotopic (exact) mass is 199 g/mol. The summed E-state index contributed by atoms with van der Waals surface area (Å²) in [5.74, 6) is 0. The van der Waals surface area contributed by atoms with Gasteiger partial charge in [0.1, 0.15) is 0 Å². The molecule has 0 spiro atoms. The van der Waals surface area contributed by atoms with Crippen LogP contribution in [-0.4, -0.2) is 50.7 Å². The first kappa shape index (κ1) is 12.0. The molecular weight excluding hydrogens is 174 g/mol. The number of piperidine rings is 1. The van der Waals surface area contributed by atoms with E-state index in [1.807, 2.05) is 0 Å². The molecule has 1 aliphatic heterocycles. The van der Waals surface area contributed by atoms with Crippen molar-refractivity contribution in [1.29, 1.82) is 0 Å². The van der Waals surface area contributed by atoms with Crippen molar-refractivity contribution in [1.82, 2.24) is 15.5 Å². The molecule has 1 unspecified atom stereocenters. The lowest BCUT2D eigenvalue weighted by Crippen LogP contribution is -2.44. The molecule has 84 valence electrons. The van der Waals surface area contributed by atoms with Gasteiger partial charge in [0.15, 0.2) is 0 Å². The van der Waals surface area contributed by atoms with E-state index in [4.69, 9.17) is 0 Å². The fourth-order valence-corrected chi connectivity index (χ4v) is 1.93. The first-order valence-corrected chi connectivity index (χ1v) is 5.80. The van der Waals surface area contributed by atoms with E-state index in [-0.39, 0.29) is 0 Å². The van der Waals surface area contributed by atoms with Gasteiger partial charge in [-0.25, -0.2) is 0 Å². The standard InChI is InChI=1S/C11H25N3/c1-10(6-9-14(2)3)13-11-4-7-12-8-5-11/h10-13H,4-9H2,1-3H3. The minimum atomic E-state index is 0.653. The molecule has 14 heavy (non-hydrogen) atoms. The highest BCUT2D eigenvalue weighted by Gasteiger charge is 2.14. The molecule has 0 aliphatic carbocycles. The highest BCUT2D eigenvalue weighted by atomic mass is 15.1. The molecule has 3 nitrogen and oxygen atoms in total. The molecule has 1 atom stereocenters. The summed E-state index contributed by atoms with van der Waals surface area (Å²) in [5, 5.41) is 7.10. The molecular formula is C11H25N3. The van der Waals surface area contributed by atoms with E-state index in [0.29, 0.717) is 6.04 Å². The lowest BCUT2D eigenvalue weighted by Gasteiger charge is -2.27. The highest BCUT2D eigenvalue weighted by Crippen LogP contribution is 2.04. The topological polar surface area (TPSA) is 27.3 Å². The Morgan fingerprint density at radius 3 is 2.57 bits per heavy atom. The minimum Gasteiger partial charge on any atom is -0.317 e. The van der Waals surface area contributed by atoms with Gasteiger partial charge in [-0.3, -0.25) is 0 Å². The zero-order valence-corrected chi connectivity index (χ0v) is 9.84. The van der Waals surface area contributed by atoms with Crippen molar-refractivity contribution in [3.05, 3.63) is 0 Å². The van der Waals surface area contributed by atoms with Crippen LogP contribution in [0.25, 0.3) is 0 Å². The molecule has 1 rings (SSSR count). The zero-order valence-electron chi connectivity index (χ0n) is 9.84. The Morgan fingerprint density at radius 1 is 1.36 bits per heavy atom. The Morgan fingerprint density at radius 2 is 2.00 bits per heavy atom. The number of rotatable bonds is 5. The van der Waals surface area contributed by atoms with Gasteiger partial charge in [0.25, 0.3) is 0 Å². The van der Waals surface area contributed by atoms with Crippen LogP contribution >= 0.6 is 0 Å². The molecule has 2 N–H and O–H groups in total. The van der Waals surface area contributed by atoms with Gasteiger partial charge >= 0.3 is 0 Å². The Hall–Kier alpha value is -0.120. The third-order valence-electron chi connectivity index (χ3n) is 2.87. The van der Waals surface area contributed by atoms with Gasteiger partial charge in [-0.2, -0.15) is 0 Å². The zero-order chi connectivity index (χ0) is 10.4. The van der Waals surface area contributed by atoms with Crippen LogP contribution < -0.4 is 10.6 Å². The van der Waals surface area contributed by atoms with Crippen molar-refractivity contribution in [2.24, 2.45) is 0 Å². The molecule has 3 heteroatoms. The largest absolute Gasteiger partial charge is 0.317 e. The second kappa shape index (κ2) is 6.38. The maximum absolute atomic E-state index is 3.71. The van der Waals surface area contributed by atoms with Crippen LogP contribution in [0.3, 0.4) is 0 Å². The molecule has 0 aromatic carbocycles. The molecule has 0 amide bonds. The molecule has 1 saturated heterocycles. The van der Waals surface area contributed by atoms with Crippen LogP contribution in [0.5, 0.6) is 0 Å². The van der Waals surface area contributed by atoms with Crippen molar-refractivity contribution in [2.45, 2.75) is 38.3 Å². The molecule has 0 saturated carbocycles. The third kappa shape index (κ3) is 4.94. The van der Waals surface area contributed by atoms with Crippen molar-refractivity contribution in [3.63, 3.8) is 0 Å². The fourth-order valence-electron chi connectivity index (χ4n) is 1.93. The Labute approximate surface area is 88.2 Å². The van der Waals surface area contributed by atoms with Crippen molar-refractivity contribution in [2.75, 3.05) is 33.7 Å². The van der Waals surface area contributed by atoms with Crippen LogP contribution in [-0.2, 0) is 0 Å². The lowest BCUT2D eigenvalue weighted by atomic mass is 10.1. The predicted molar refractivity (Wildman–Crippen MR) is 61.7 cm³/mol. The van der Waals surface area contributed by atoms with E-state index < -0.39 is 0 Å². The summed E-state index contributed by atoms with van der Waals surface area (Å²) in [7, 11) is 4.27. The Kier molecular flexibility index (Phi) is 5.45. The van der Waals surface area contributed by atoms with Crippen LogP contribution in [0.1, 0.15) is 26.2 Å². The van der Waals surface area contributed by atoms with Gasteiger partial charge in [-0.05, 0) is 59.9 Å². The third-order valence-corrected chi connectivity index (χ3v) is 2.87. The number of nitrogens with zero attached hydrogens (tertiary/aromatic N) is 1. The summed E-state index contributed by atoms with van der Waals surface area (Å²) in [5.41, 5.74) is 0. The first-order valence-electron chi connectivity index (χ1n) is 5.80. The van der Waals surface area contributed by atoms with Crippen molar-refractivity contribution < 1.29 is 0 Å². The molecule has 1 aliphatic rings. The normalized spacial score (nSPS) is 21.4. The van der Waals surface area contributed by atoms with E-state index in [1.165, 1.54) is 38.9 Å². The minimum absolute atomic E-state index is 0.653. The maximum atomic E-state index is 3.71. The van der Waals surface area contributed by atoms with E-state index in [9.17, 15) is 0 Å². The first-order chi connectivity index (χ1) is 6.68. The van der Waals surface area contributed by atoms with Gasteiger partial charge in [0.2, 0.25) is 0 Å². The van der Waals surface area contributed by atoms with Crippen LogP contribution in [0, 0.1) is 0 Å². The number of nitrogens with one attached hydrogen (secondary N) is 2. The average molecular weight is 199 g/mol. The summed E-state index contributed by atoms with van der Waals surface area (Å²) in [6, 6.07) is 1.40. The summed E-state index contributed by atoms with van der Waals surface area (Å²) in [6.07, 6.45) is 3.82. The maximum Gasteiger partial charge on any atom is 0.00937 e. The van der Waals surface area contributed by atoms with Gasteiger partial charge in [-0.15, -0.1) is 0 Å². The predicted octanol–water partition coefficient (Wildman–Crippen LogP) is 0.668. The summed E-state index contributed by atoms with van der Waals surface area (Å²) >= 11 is 0. The van der Waals surface area contributed by atoms with Crippen molar-refractivity contribution in [3.8, 4) is 0 Å². The number of hydrogen-bond acceptors (Lipinski definition) is 3. The van der Waals surface area contributed by atoms with E-state index in [0.717, 1.165) is 6.04 Å². The molecule has 1 heterocycles. The van der Waals surface area contributed by atoms with E-state index in [2.05, 4.69) is 36.6 Å². The number of hydrogen-bond donors (Lipinski definition) is 2. The van der Waals surface area contributed by atoms with Gasteiger partial charge in [0.05, 0.1) is 0 Å². The Bertz CT molecular complexity index is 141. The highest BCUT2D eigenvalue weighted by molar-refractivity contribution is 4.77. The smallest absolute Gasteiger partial charge is 0.00937 e. The van der Waals surface area contributed by atoms with Gasteiger partial charge < -0.3 is 15.5 Å². The SMILES string of the molecule is CC(CCN(C)C)NC1CCNCC1. The summed E-state index contributed by atoms with van der Waals surface area (Å²) in [4.78, 5) is 2.25. The van der Waals surface area contributed by atoms with Crippen LogP contribution in [0.2, 0.25) is 0 Å². The van der Waals surface area contributed by atoms with Gasteiger partial charge in [0, 0.05) is 12.1 Å². The summed E-state index contributed by atoms with van der Waals surface area (Å²) in [6.45, 7) is 5.83. The molecule has 1 fully saturated rings. The lowest BCUT2D eigenvalue weighted by molar-refractivity contribution is 0.318. The van der Waals surface area contributed by atoms with Crippen LogP contribution in [0.15, 0.2) is 0 Å².